The molecule has 104 valence electrons. The first-order valence-electron chi connectivity index (χ1n) is 6.34. The summed E-state index contributed by atoms with van der Waals surface area (Å²) in [7, 11) is 0. The number of carbonyl (C=O) groups excluding carboxylic acids is 1. The van der Waals surface area contributed by atoms with Crippen LogP contribution in [0.4, 0.5) is 0 Å². The zero-order chi connectivity index (χ0) is 14.5. The highest BCUT2D eigenvalue weighted by atomic mass is 35.5. The standard InChI is InChI=1S/C16H16ClNO2/c1-11(16(18)19)20-15-8-4-13(5-9-15)10-12-2-6-14(17)7-3-12/h2-9,11H,10H2,1H3,(H2,18,19)/t11-/m1/s1. The molecule has 0 saturated carbocycles. The smallest absolute Gasteiger partial charge is 0.258 e. The molecule has 0 bridgehead atoms. The molecular weight excluding hydrogens is 274 g/mol. The number of hydrogen-bond acceptors (Lipinski definition) is 2. The molecule has 2 aromatic carbocycles. The summed E-state index contributed by atoms with van der Waals surface area (Å²) in [5.74, 6) is 0.159. The van der Waals surface area contributed by atoms with Gasteiger partial charge in [-0.25, -0.2) is 0 Å². The molecule has 0 aliphatic rings. The number of carbonyl (C=O) groups is 1. The van der Waals surface area contributed by atoms with E-state index in [0.717, 1.165) is 17.0 Å². The van der Waals surface area contributed by atoms with Crippen molar-refractivity contribution in [3.05, 3.63) is 64.7 Å². The number of amides is 1. The van der Waals surface area contributed by atoms with Crippen molar-refractivity contribution in [2.75, 3.05) is 0 Å². The van der Waals surface area contributed by atoms with Gasteiger partial charge in [-0.2, -0.15) is 0 Å². The number of hydrogen-bond donors (Lipinski definition) is 1. The quantitative estimate of drug-likeness (QED) is 0.919. The van der Waals surface area contributed by atoms with Gasteiger partial charge in [-0.15, -0.1) is 0 Å². The third-order valence-electron chi connectivity index (χ3n) is 2.96. The van der Waals surface area contributed by atoms with Crippen molar-refractivity contribution in [2.45, 2.75) is 19.4 Å². The van der Waals surface area contributed by atoms with Crippen LogP contribution in [0.2, 0.25) is 5.02 Å². The molecule has 0 heterocycles. The van der Waals surface area contributed by atoms with Crippen LogP contribution in [-0.2, 0) is 11.2 Å². The molecule has 20 heavy (non-hydrogen) atoms. The molecule has 4 heteroatoms. The van der Waals surface area contributed by atoms with Crippen molar-refractivity contribution in [3.8, 4) is 5.75 Å². The third-order valence-corrected chi connectivity index (χ3v) is 3.21. The first kappa shape index (κ1) is 14.4. The minimum atomic E-state index is -0.628. The van der Waals surface area contributed by atoms with Gasteiger partial charge in [0.15, 0.2) is 6.10 Å². The van der Waals surface area contributed by atoms with Crippen molar-refractivity contribution in [3.63, 3.8) is 0 Å². The molecule has 0 aromatic heterocycles. The topological polar surface area (TPSA) is 52.3 Å². The predicted molar refractivity (Wildman–Crippen MR) is 80.0 cm³/mol. The predicted octanol–water partition coefficient (Wildman–Crippen LogP) is 3.18. The maximum atomic E-state index is 10.9. The second-order valence-electron chi connectivity index (χ2n) is 4.61. The van der Waals surface area contributed by atoms with Crippen molar-refractivity contribution in [2.24, 2.45) is 5.73 Å². The van der Waals surface area contributed by atoms with Gasteiger partial charge < -0.3 is 10.5 Å². The molecule has 0 unspecified atom stereocenters. The fourth-order valence-corrected chi connectivity index (χ4v) is 1.91. The Bertz CT molecular complexity index is 578. The van der Waals surface area contributed by atoms with Gasteiger partial charge in [0, 0.05) is 5.02 Å². The van der Waals surface area contributed by atoms with E-state index in [1.807, 2.05) is 48.5 Å². The van der Waals surface area contributed by atoms with Gasteiger partial charge in [0.1, 0.15) is 5.75 Å². The van der Waals surface area contributed by atoms with Gasteiger partial charge in [0.25, 0.3) is 5.91 Å². The summed E-state index contributed by atoms with van der Waals surface area (Å²) in [6.45, 7) is 1.63. The monoisotopic (exact) mass is 289 g/mol. The van der Waals surface area contributed by atoms with Crippen LogP contribution in [0.3, 0.4) is 0 Å². The van der Waals surface area contributed by atoms with E-state index in [1.54, 1.807) is 6.92 Å². The molecule has 0 radical (unpaired) electrons. The molecule has 0 spiro atoms. The van der Waals surface area contributed by atoms with E-state index < -0.39 is 12.0 Å². The van der Waals surface area contributed by atoms with Crippen molar-refractivity contribution in [1.82, 2.24) is 0 Å². The second kappa shape index (κ2) is 6.44. The van der Waals surface area contributed by atoms with Gasteiger partial charge in [0.2, 0.25) is 0 Å². The lowest BCUT2D eigenvalue weighted by Crippen LogP contribution is -2.30. The lowest BCUT2D eigenvalue weighted by Gasteiger charge is -2.11. The van der Waals surface area contributed by atoms with Crippen molar-refractivity contribution in [1.29, 1.82) is 0 Å². The molecule has 0 fully saturated rings. The molecule has 2 aromatic rings. The minimum Gasteiger partial charge on any atom is -0.481 e. The van der Waals surface area contributed by atoms with Gasteiger partial charge in [-0.3, -0.25) is 4.79 Å². The molecule has 3 nitrogen and oxygen atoms in total. The Hall–Kier alpha value is -2.00. The second-order valence-corrected chi connectivity index (χ2v) is 5.05. The Morgan fingerprint density at radius 2 is 1.60 bits per heavy atom. The average molecular weight is 290 g/mol. The van der Waals surface area contributed by atoms with E-state index in [1.165, 1.54) is 5.56 Å². The Morgan fingerprint density at radius 3 is 2.10 bits per heavy atom. The number of rotatable bonds is 5. The SMILES string of the molecule is C[C@@H](Oc1ccc(Cc2ccc(Cl)cc2)cc1)C(N)=O. The van der Waals surface area contributed by atoms with Crippen LogP contribution in [0.5, 0.6) is 5.75 Å². The average Bonchev–Trinajstić information content (AvgIpc) is 2.43. The summed E-state index contributed by atoms with van der Waals surface area (Å²) < 4.78 is 5.40. The molecule has 0 aliphatic heterocycles. The van der Waals surface area contributed by atoms with Crippen molar-refractivity contribution < 1.29 is 9.53 Å². The lowest BCUT2D eigenvalue weighted by atomic mass is 10.1. The number of benzene rings is 2. The Morgan fingerprint density at radius 1 is 1.10 bits per heavy atom. The Balaban J connectivity index is 2.01. The molecule has 0 saturated heterocycles. The highest BCUT2D eigenvalue weighted by Gasteiger charge is 2.09. The first-order chi connectivity index (χ1) is 9.54. The molecular formula is C16H16ClNO2. The van der Waals surface area contributed by atoms with Crippen LogP contribution in [0.1, 0.15) is 18.1 Å². The minimum absolute atomic E-state index is 0.477. The zero-order valence-corrected chi connectivity index (χ0v) is 11.9. The molecule has 2 N–H and O–H groups in total. The van der Waals surface area contributed by atoms with Crippen LogP contribution < -0.4 is 10.5 Å². The highest BCUT2D eigenvalue weighted by molar-refractivity contribution is 6.30. The Kier molecular flexibility index (Phi) is 4.64. The molecule has 2 rings (SSSR count). The van der Waals surface area contributed by atoms with E-state index >= 15 is 0 Å². The van der Waals surface area contributed by atoms with Crippen LogP contribution in [0.25, 0.3) is 0 Å². The van der Waals surface area contributed by atoms with Gasteiger partial charge in [-0.05, 0) is 48.7 Å². The van der Waals surface area contributed by atoms with E-state index in [2.05, 4.69) is 0 Å². The maximum absolute atomic E-state index is 10.9. The number of nitrogens with two attached hydrogens (primary N) is 1. The summed E-state index contributed by atoms with van der Waals surface area (Å²) in [4.78, 5) is 10.9. The van der Waals surface area contributed by atoms with E-state index in [9.17, 15) is 4.79 Å². The first-order valence-corrected chi connectivity index (χ1v) is 6.72. The van der Waals surface area contributed by atoms with E-state index in [4.69, 9.17) is 22.1 Å². The Labute approximate surface area is 123 Å². The summed E-state index contributed by atoms with van der Waals surface area (Å²) in [5.41, 5.74) is 7.50. The lowest BCUT2D eigenvalue weighted by molar-refractivity contribution is -0.123. The third kappa shape index (κ3) is 4.00. The van der Waals surface area contributed by atoms with E-state index in [-0.39, 0.29) is 0 Å². The van der Waals surface area contributed by atoms with Crippen LogP contribution in [-0.4, -0.2) is 12.0 Å². The van der Waals surface area contributed by atoms with E-state index in [0.29, 0.717) is 5.75 Å². The summed E-state index contributed by atoms with van der Waals surface area (Å²) >= 11 is 5.86. The van der Waals surface area contributed by atoms with Crippen LogP contribution >= 0.6 is 11.6 Å². The van der Waals surface area contributed by atoms with Crippen molar-refractivity contribution >= 4 is 17.5 Å². The molecule has 1 amide bonds. The summed E-state index contributed by atoms with van der Waals surface area (Å²) in [5, 5.41) is 0.734. The summed E-state index contributed by atoms with van der Waals surface area (Å²) in [6.07, 6.45) is 0.195. The van der Waals surface area contributed by atoms with Crippen LogP contribution in [0.15, 0.2) is 48.5 Å². The number of halogens is 1. The molecule has 0 aliphatic carbocycles. The summed E-state index contributed by atoms with van der Waals surface area (Å²) in [6, 6.07) is 15.4. The molecule has 1 atom stereocenters. The zero-order valence-electron chi connectivity index (χ0n) is 11.2. The van der Waals surface area contributed by atoms with Gasteiger partial charge in [-0.1, -0.05) is 35.9 Å². The fourth-order valence-electron chi connectivity index (χ4n) is 1.79. The van der Waals surface area contributed by atoms with Gasteiger partial charge >= 0.3 is 0 Å². The van der Waals surface area contributed by atoms with Gasteiger partial charge in [0.05, 0.1) is 0 Å². The highest BCUT2D eigenvalue weighted by Crippen LogP contribution is 2.17. The number of ether oxygens (including phenoxy) is 1. The number of primary amides is 1. The largest absolute Gasteiger partial charge is 0.481 e. The normalized spacial score (nSPS) is 11.9. The fraction of sp³-hybridized carbons (Fsp3) is 0.188. The van der Waals surface area contributed by atoms with Crippen LogP contribution in [0, 0.1) is 0 Å². The maximum Gasteiger partial charge on any atom is 0.258 e.